The average molecular weight is 351 g/mol. The van der Waals surface area contributed by atoms with E-state index in [1.165, 1.54) is 17.0 Å². The number of benzene rings is 1. The third-order valence-electron chi connectivity index (χ3n) is 3.39. The zero-order valence-electron chi connectivity index (χ0n) is 11.5. The Morgan fingerprint density at radius 3 is 2.68 bits per heavy atom. The summed E-state index contributed by atoms with van der Waals surface area (Å²) in [5.74, 6) is -1.76. The van der Waals surface area contributed by atoms with E-state index in [-0.39, 0.29) is 29.6 Å². The zero-order chi connectivity index (χ0) is 16.7. The normalized spacial score (nSPS) is 18.8. The highest BCUT2D eigenvalue weighted by Gasteiger charge is 2.35. The minimum absolute atomic E-state index is 0.0248. The Kier molecular flexibility index (Phi) is 4.39. The topological polar surface area (TPSA) is 97.6 Å². The quantitative estimate of drug-likeness (QED) is 0.471. The highest BCUT2D eigenvalue weighted by atomic mass is 35.5. The van der Waals surface area contributed by atoms with Crippen molar-refractivity contribution >= 4 is 39.1 Å². The number of anilines is 1. The van der Waals surface area contributed by atoms with Crippen molar-refractivity contribution in [3.8, 4) is 0 Å². The van der Waals surface area contributed by atoms with Gasteiger partial charge < -0.3 is 4.90 Å². The Morgan fingerprint density at radius 1 is 1.50 bits per heavy atom. The van der Waals surface area contributed by atoms with Crippen LogP contribution >= 0.6 is 11.6 Å². The second-order valence-electron chi connectivity index (χ2n) is 5.13. The van der Waals surface area contributed by atoms with Crippen LogP contribution in [0, 0.1) is 23.0 Å². The smallest absolute Gasteiger partial charge is 0.302 e. The van der Waals surface area contributed by atoms with Gasteiger partial charge in [-0.05, 0) is 18.6 Å². The number of rotatable bonds is 4. The van der Waals surface area contributed by atoms with Gasteiger partial charge in [-0.2, -0.15) is 8.42 Å². The summed E-state index contributed by atoms with van der Waals surface area (Å²) in [4.78, 5) is 23.4. The van der Waals surface area contributed by atoms with E-state index in [4.69, 9.17) is 11.6 Å². The van der Waals surface area contributed by atoms with Gasteiger partial charge in [0, 0.05) is 30.6 Å². The second-order valence-corrected chi connectivity index (χ2v) is 6.95. The molecule has 1 aromatic rings. The molecular formula is C12H12ClFN2O5S. The first-order valence-electron chi connectivity index (χ1n) is 6.25. The molecule has 1 saturated heterocycles. The van der Waals surface area contributed by atoms with Crippen LogP contribution in [0.25, 0.3) is 0 Å². The van der Waals surface area contributed by atoms with Crippen LogP contribution in [0.5, 0.6) is 0 Å². The summed E-state index contributed by atoms with van der Waals surface area (Å²) in [6.45, 7) is 1.60. The Labute approximate surface area is 131 Å². The maximum atomic E-state index is 12.7. The van der Waals surface area contributed by atoms with Gasteiger partial charge in [0.1, 0.15) is 5.02 Å². The molecule has 1 amide bonds. The van der Waals surface area contributed by atoms with Crippen LogP contribution in [0.3, 0.4) is 0 Å². The number of hydrogen-bond acceptors (Lipinski definition) is 5. The molecule has 0 radical (unpaired) electrons. The maximum Gasteiger partial charge on any atom is 0.302 e. The fourth-order valence-corrected chi connectivity index (χ4v) is 3.51. The van der Waals surface area contributed by atoms with E-state index in [0.29, 0.717) is 11.3 Å². The van der Waals surface area contributed by atoms with E-state index < -0.39 is 26.8 Å². The lowest BCUT2D eigenvalue weighted by molar-refractivity contribution is -0.384. The van der Waals surface area contributed by atoms with Crippen molar-refractivity contribution in [1.29, 1.82) is 0 Å². The number of halogens is 2. The van der Waals surface area contributed by atoms with E-state index >= 15 is 0 Å². The van der Waals surface area contributed by atoms with Crippen molar-refractivity contribution in [3.63, 3.8) is 0 Å². The maximum absolute atomic E-state index is 12.7. The van der Waals surface area contributed by atoms with Crippen LogP contribution in [0.2, 0.25) is 5.02 Å². The Morgan fingerprint density at radius 2 is 2.14 bits per heavy atom. The predicted molar refractivity (Wildman–Crippen MR) is 78.2 cm³/mol. The molecule has 10 heteroatoms. The van der Waals surface area contributed by atoms with E-state index in [1.807, 2.05) is 0 Å². The van der Waals surface area contributed by atoms with Gasteiger partial charge in [0.05, 0.1) is 10.7 Å². The molecule has 1 aliphatic heterocycles. The van der Waals surface area contributed by atoms with Crippen molar-refractivity contribution in [2.24, 2.45) is 5.92 Å². The monoisotopic (exact) mass is 350 g/mol. The summed E-state index contributed by atoms with van der Waals surface area (Å²) in [5.41, 5.74) is 0.532. The highest BCUT2D eigenvalue weighted by molar-refractivity contribution is 7.86. The van der Waals surface area contributed by atoms with E-state index in [9.17, 15) is 27.2 Å². The molecule has 1 unspecified atom stereocenters. The number of carbonyl (C=O) groups is 1. The molecule has 0 saturated carbocycles. The summed E-state index contributed by atoms with van der Waals surface area (Å²) in [6.07, 6.45) is -0.100. The van der Waals surface area contributed by atoms with Crippen LogP contribution in [0.4, 0.5) is 15.3 Å². The van der Waals surface area contributed by atoms with Crippen LogP contribution in [-0.4, -0.2) is 31.5 Å². The number of carbonyl (C=O) groups excluding carboxylic acids is 1. The Bertz CT molecular complexity index is 752. The predicted octanol–water partition coefficient (Wildman–Crippen LogP) is 2.21. The summed E-state index contributed by atoms with van der Waals surface area (Å²) in [6, 6.07) is 2.53. The molecule has 1 aliphatic rings. The molecule has 120 valence electrons. The average Bonchev–Trinajstić information content (AvgIpc) is 2.69. The van der Waals surface area contributed by atoms with Gasteiger partial charge in [0.25, 0.3) is 5.69 Å². The third-order valence-corrected chi connectivity index (χ3v) is 4.57. The largest absolute Gasteiger partial charge is 0.312 e. The van der Waals surface area contributed by atoms with Crippen LogP contribution < -0.4 is 4.90 Å². The summed E-state index contributed by atoms with van der Waals surface area (Å²) < 4.78 is 34.1. The van der Waals surface area contributed by atoms with Gasteiger partial charge in [-0.3, -0.25) is 14.9 Å². The number of nitro benzene ring substituents is 1. The SMILES string of the molecule is Cc1cc([N+](=O)[O-])c(Cl)cc1N1CC(CS(=O)(=O)F)CC1=O. The van der Waals surface area contributed by atoms with Gasteiger partial charge in [0.15, 0.2) is 0 Å². The van der Waals surface area contributed by atoms with Gasteiger partial charge >= 0.3 is 10.2 Å². The highest BCUT2D eigenvalue weighted by Crippen LogP contribution is 2.35. The van der Waals surface area contributed by atoms with Crippen LogP contribution in [-0.2, 0) is 15.0 Å². The van der Waals surface area contributed by atoms with E-state index in [1.54, 1.807) is 6.92 Å². The molecule has 0 N–H and O–H groups in total. The lowest BCUT2D eigenvalue weighted by atomic mass is 10.1. The van der Waals surface area contributed by atoms with Crippen molar-refractivity contribution in [2.75, 3.05) is 17.2 Å². The standard InChI is InChI=1S/C12H12ClFN2O5S/c1-7-2-11(16(18)19)9(13)4-10(7)15-5-8(3-12(15)17)6-22(14,20)21/h2,4,8H,3,5-6H2,1H3. The number of amides is 1. The first-order chi connectivity index (χ1) is 10.1. The van der Waals surface area contributed by atoms with Gasteiger partial charge in [-0.25, -0.2) is 0 Å². The van der Waals surface area contributed by atoms with Crippen molar-refractivity contribution in [3.05, 3.63) is 32.8 Å². The van der Waals surface area contributed by atoms with Crippen LogP contribution in [0.15, 0.2) is 12.1 Å². The first kappa shape index (κ1) is 16.6. The molecule has 7 nitrogen and oxygen atoms in total. The Hall–Kier alpha value is -1.74. The van der Waals surface area contributed by atoms with Gasteiger partial charge in [-0.1, -0.05) is 11.6 Å². The third kappa shape index (κ3) is 3.53. The second kappa shape index (κ2) is 5.81. The molecular weight excluding hydrogens is 339 g/mol. The first-order valence-corrected chi connectivity index (χ1v) is 8.19. The number of nitrogens with zero attached hydrogens (tertiary/aromatic N) is 2. The molecule has 0 bridgehead atoms. The van der Waals surface area contributed by atoms with Crippen molar-refractivity contribution < 1.29 is 22.0 Å². The lowest BCUT2D eigenvalue weighted by Gasteiger charge is -2.19. The fourth-order valence-electron chi connectivity index (χ4n) is 2.49. The number of hydrogen-bond donors (Lipinski definition) is 0. The van der Waals surface area contributed by atoms with Crippen LogP contribution in [0.1, 0.15) is 12.0 Å². The Balaban J connectivity index is 2.31. The molecule has 1 atom stereocenters. The van der Waals surface area contributed by atoms with E-state index in [2.05, 4.69) is 0 Å². The summed E-state index contributed by atoms with van der Waals surface area (Å²) in [5, 5.41) is 10.7. The number of aryl methyl sites for hydroxylation is 1. The fraction of sp³-hybridized carbons (Fsp3) is 0.417. The van der Waals surface area contributed by atoms with Crippen molar-refractivity contribution in [2.45, 2.75) is 13.3 Å². The summed E-state index contributed by atoms with van der Waals surface area (Å²) >= 11 is 5.83. The summed E-state index contributed by atoms with van der Waals surface area (Å²) in [7, 11) is -4.67. The van der Waals surface area contributed by atoms with Gasteiger partial charge in [0.2, 0.25) is 5.91 Å². The zero-order valence-corrected chi connectivity index (χ0v) is 13.0. The molecule has 2 rings (SSSR count). The lowest BCUT2D eigenvalue weighted by Crippen LogP contribution is -2.26. The molecule has 0 spiro atoms. The molecule has 0 aliphatic carbocycles. The molecule has 1 aromatic carbocycles. The van der Waals surface area contributed by atoms with Crippen molar-refractivity contribution in [1.82, 2.24) is 0 Å². The van der Waals surface area contributed by atoms with E-state index in [0.717, 1.165) is 0 Å². The molecule has 1 fully saturated rings. The minimum Gasteiger partial charge on any atom is -0.312 e. The van der Waals surface area contributed by atoms with Gasteiger partial charge in [-0.15, -0.1) is 3.89 Å². The minimum atomic E-state index is -4.67. The number of nitro groups is 1. The molecule has 1 heterocycles. The molecule has 0 aromatic heterocycles. The molecule has 22 heavy (non-hydrogen) atoms.